The van der Waals surface area contributed by atoms with Gasteiger partial charge in [-0.3, -0.25) is 9.69 Å². The van der Waals surface area contributed by atoms with Crippen LogP contribution < -0.4 is 5.32 Å². The average Bonchev–Trinajstić information content (AvgIpc) is 3.20. The van der Waals surface area contributed by atoms with Crippen LogP contribution in [0.2, 0.25) is 0 Å². The minimum atomic E-state index is -3.42. The predicted molar refractivity (Wildman–Crippen MR) is 146 cm³/mol. The number of likely N-dealkylation sites (tertiary alicyclic amines) is 1. The van der Waals surface area contributed by atoms with E-state index in [1.807, 2.05) is 0 Å². The molecule has 1 saturated heterocycles. The Labute approximate surface area is 234 Å². The number of carbonyl (C=O) groups is 2. The highest BCUT2D eigenvalue weighted by Crippen LogP contribution is 2.67. The highest BCUT2D eigenvalue weighted by Gasteiger charge is 2.71. The fourth-order valence-electron chi connectivity index (χ4n) is 6.74. The molecule has 8 nitrogen and oxygen atoms in total. The molecule has 40 heavy (non-hydrogen) atoms. The second kappa shape index (κ2) is 9.88. The molecular formula is C30H34FN3O5S. The fraction of sp³-hybridized carbons (Fsp3) is 0.500. The standard InChI is InChI=1S/C30H34FN3O5S/c1-16-25-22-14-24(26(16)25)34(29(36)39-30(2,3)4)27(22)28(35)33-20(15-32)11-19-10-9-18(13-23(19)31)17-7-6-8-21(12-17)40(5,37)38/h6-10,12-13,16,20,22,24-27H,11,14H2,1-5H3,(H,33,35). The van der Waals surface area contributed by atoms with Crippen molar-refractivity contribution in [2.45, 2.75) is 69.2 Å². The second-order valence-corrected chi connectivity index (χ2v) is 14.3. The number of rotatable bonds is 6. The lowest BCUT2D eigenvalue weighted by molar-refractivity contribution is -0.128. The van der Waals surface area contributed by atoms with E-state index >= 15 is 4.39 Å². The zero-order chi connectivity index (χ0) is 29.1. The average molecular weight is 568 g/mol. The number of hydrogen-bond donors (Lipinski definition) is 1. The molecule has 5 rings (SSSR count). The summed E-state index contributed by atoms with van der Waals surface area (Å²) in [6.07, 6.45) is 1.27. The zero-order valence-electron chi connectivity index (χ0n) is 23.2. The smallest absolute Gasteiger partial charge is 0.411 e. The molecule has 2 aromatic carbocycles. The molecule has 2 saturated carbocycles. The third-order valence-corrected chi connectivity index (χ3v) is 9.56. The monoisotopic (exact) mass is 567 g/mol. The second-order valence-electron chi connectivity index (χ2n) is 12.3. The van der Waals surface area contributed by atoms with Crippen molar-refractivity contribution in [2.75, 3.05) is 6.26 Å². The number of carbonyl (C=O) groups excluding carboxylic acids is 2. The Kier molecular flexibility index (Phi) is 6.94. The first kappa shape index (κ1) is 28.1. The maximum Gasteiger partial charge on any atom is 0.411 e. The Bertz CT molecular complexity index is 1510. The van der Waals surface area contributed by atoms with Gasteiger partial charge >= 0.3 is 6.09 Å². The third-order valence-electron chi connectivity index (χ3n) is 8.45. The van der Waals surface area contributed by atoms with Crippen LogP contribution in [0.25, 0.3) is 11.1 Å². The molecule has 1 aliphatic heterocycles. The molecule has 2 aliphatic carbocycles. The molecule has 0 aromatic heterocycles. The topological polar surface area (TPSA) is 117 Å². The Hall–Kier alpha value is -3.45. The number of sulfone groups is 1. The molecule has 0 radical (unpaired) electrons. The van der Waals surface area contributed by atoms with Crippen LogP contribution in [0.5, 0.6) is 0 Å². The SMILES string of the molecule is CC1C2C3CC(C12)N(C(=O)OC(C)(C)C)C3C(=O)NC(C#N)Cc1ccc(-c2cccc(S(C)(=O)=O)c2)cc1F. The van der Waals surface area contributed by atoms with Crippen molar-refractivity contribution in [3.05, 3.63) is 53.8 Å². The third kappa shape index (κ3) is 5.19. The van der Waals surface area contributed by atoms with Crippen LogP contribution in [0.3, 0.4) is 0 Å². The van der Waals surface area contributed by atoms with E-state index in [1.165, 1.54) is 24.3 Å². The van der Waals surface area contributed by atoms with Crippen molar-refractivity contribution in [3.8, 4) is 17.2 Å². The molecule has 7 atom stereocenters. The minimum absolute atomic E-state index is 0.00980. The summed E-state index contributed by atoms with van der Waals surface area (Å²) < 4.78 is 44.6. The van der Waals surface area contributed by atoms with Gasteiger partial charge in [0.25, 0.3) is 0 Å². The van der Waals surface area contributed by atoms with Gasteiger partial charge in [-0.2, -0.15) is 5.26 Å². The lowest BCUT2D eigenvalue weighted by Gasteiger charge is -2.35. The van der Waals surface area contributed by atoms with Crippen LogP contribution >= 0.6 is 0 Å². The van der Waals surface area contributed by atoms with Gasteiger partial charge in [0.1, 0.15) is 23.5 Å². The molecule has 2 aromatic rings. The number of fused-ring (bicyclic) bond motifs is 5. The molecule has 10 heteroatoms. The van der Waals surface area contributed by atoms with Gasteiger partial charge in [-0.25, -0.2) is 17.6 Å². The quantitative estimate of drug-likeness (QED) is 0.555. The largest absolute Gasteiger partial charge is 0.444 e. The first-order chi connectivity index (χ1) is 18.7. The molecule has 212 valence electrons. The Morgan fingerprint density at radius 2 is 1.88 bits per heavy atom. The summed E-state index contributed by atoms with van der Waals surface area (Å²) in [7, 11) is -3.42. The van der Waals surface area contributed by atoms with E-state index in [1.54, 1.807) is 43.9 Å². The van der Waals surface area contributed by atoms with Crippen molar-refractivity contribution in [3.63, 3.8) is 0 Å². The number of piperidine rings is 1. The zero-order valence-corrected chi connectivity index (χ0v) is 24.0. The number of hydrogen-bond acceptors (Lipinski definition) is 6. The summed E-state index contributed by atoms with van der Waals surface area (Å²) in [5.41, 5.74) is 0.569. The number of halogens is 1. The van der Waals surface area contributed by atoms with Gasteiger partial charge < -0.3 is 10.1 Å². The molecule has 3 aliphatic rings. The Balaban J connectivity index is 1.31. The van der Waals surface area contributed by atoms with Crippen LogP contribution in [-0.2, 0) is 25.8 Å². The maximum absolute atomic E-state index is 15.1. The van der Waals surface area contributed by atoms with Crippen molar-refractivity contribution in [2.24, 2.45) is 23.7 Å². The summed E-state index contributed by atoms with van der Waals surface area (Å²) in [5.74, 6) is 0.212. The van der Waals surface area contributed by atoms with Gasteiger partial charge in [0.2, 0.25) is 5.91 Å². The number of amides is 2. The molecule has 7 unspecified atom stereocenters. The maximum atomic E-state index is 15.1. The Morgan fingerprint density at radius 1 is 1.18 bits per heavy atom. The van der Waals surface area contributed by atoms with Crippen LogP contribution in [0.15, 0.2) is 47.4 Å². The van der Waals surface area contributed by atoms with Crippen LogP contribution in [0.4, 0.5) is 9.18 Å². The normalized spacial score (nSPS) is 27.5. The van der Waals surface area contributed by atoms with E-state index in [0.29, 0.717) is 28.9 Å². The number of ether oxygens (including phenoxy) is 1. The first-order valence-corrected chi connectivity index (χ1v) is 15.4. The molecular weight excluding hydrogens is 533 g/mol. The van der Waals surface area contributed by atoms with Gasteiger partial charge in [-0.05, 0) is 85.8 Å². The molecule has 2 bridgehead atoms. The highest BCUT2D eigenvalue weighted by molar-refractivity contribution is 7.90. The summed E-state index contributed by atoms with van der Waals surface area (Å²) in [5, 5.41) is 12.6. The summed E-state index contributed by atoms with van der Waals surface area (Å²) in [6.45, 7) is 7.49. The van der Waals surface area contributed by atoms with E-state index < -0.39 is 45.3 Å². The van der Waals surface area contributed by atoms with E-state index in [2.05, 4.69) is 18.3 Å². The molecule has 1 N–H and O–H groups in total. The number of nitrogens with one attached hydrogen (secondary N) is 1. The van der Waals surface area contributed by atoms with Crippen molar-refractivity contribution >= 4 is 21.8 Å². The van der Waals surface area contributed by atoms with E-state index in [4.69, 9.17) is 4.74 Å². The number of benzene rings is 2. The summed E-state index contributed by atoms with van der Waals surface area (Å²) >= 11 is 0. The summed E-state index contributed by atoms with van der Waals surface area (Å²) in [6, 6.07) is 11.0. The van der Waals surface area contributed by atoms with Gasteiger partial charge in [-0.15, -0.1) is 0 Å². The van der Waals surface area contributed by atoms with Gasteiger partial charge in [0.05, 0.1) is 11.0 Å². The molecule has 0 spiro atoms. The summed E-state index contributed by atoms with van der Waals surface area (Å²) in [4.78, 5) is 28.4. The molecule has 3 fully saturated rings. The van der Waals surface area contributed by atoms with Gasteiger partial charge in [0.15, 0.2) is 9.84 Å². The highest BCUT2D eigenvalue weighted by atomic mass is 32.2. The van der Waals surface area contributed by atoms with Gasteiger partial charge in [0, 0.05) is 18.7 Å². The number of nitriles is 1. The first-order valence-electron chi connectivity index (χ1n) is 13.5. The Morgan fingerprint density at radius 3 is 2.50 bits per heavy atom. The van der Waals surface area contributed by atoms with Crippen molar-refractivity contribution in [1.82, 2.24) is 10.2 Å². The molecule has 1 heterocycles. The van der Waals surface area contributed by atoms with Crippen molar-refractivity contribution < 1.29 is 27.1 Å². The van der Waals surface area contributed by atoms with Gasteiger partial charge in [-0.1, -0.05) is 31.2 Å². The predicted octanol–water partition coefficient (Wildman–Crippen LogP) is 4.34. The lowest BCUT2D eigenvalue weighted by atomic mass is 9.94. The molecule has 2 amide bonds. The van der Waals surface area contributed by atoms with Crippen molar-refractivity contribution in [1.29, 1.82) is 5.26 Å². The lowest BCUT2D eigenvalue weighted by Crippen LogP contribution is -2.56. The number of nitrogens with zero attached hydrogens (tertiary/aromatic N) is 2. The van der Waals surface area contributed by atoms with E-state index in [-0.39, 0.29) is 28.8 Å². The fourth-order valence-corrected chi connectivity index (χ4v) is 7.41. The van der Waals surface area contributed by atoms with Crippen LogP contribution in [-0.4, -0.2) is 55.3 Å². The van der Waals surface area contributed by atoms with E-state index in [9.17, 15) is 23.3 Å². The van der Waals surface area contributed by atoms with Crippen LogP contribution in [0, 0.1) is 40.8 Å². The minimum Gasteiger partial charge on any atom is -0.444 e. The van der Waals surface area contributed by atoms with E-state index in [0.717, 1.165) is 12.7 Å². The van der Waals surface area contributed by atoms with Crippen LogP contribution in [0.1, 0.15) is 39.7 Å².